The van der Waals surface area contributed by atoms with E-state index in [0.29, 0.717) is 22.8 Å². The summed E-state index contributed by atoms with van der Waals surface area (Å²) < 4.78 is 5.94. The summed E-state index contributed by atoms with van der Waals surface area (Å²) in [4.78, 5) is 10.2. The van der Waals surface area contributed by atoms with Crippen LogP contribution in [0.2, 0.25) is 0 Å². The Morgan fingerprint density at radius 3 is 2.67 bits per heavy atom. The van der Waals surface area contributed by atoms with Gasteiger partial charge in [-0.05, 0) is 41.9 Å². The van der Waals surface area contributed by atoms with E-state index < -0.39 is 4.92 Å². The van der Waals surface area contributed by atoms with Crippen molar-refractivity contribution in [2.24, 2.45) is 5.10 Å². The van der Waals surface area contributed by atoms with Gasteiger partial charge < -0.3 is 5.73 Å². The second-order valence-corrected chi connectivity index (χ2v) is 5.50. The Hall–Kier alpha value is -4.09. The van der Waals surface area contributed by atoms with E-state index in [1.807, 2.05) is 0 Å². The van der Waals surface area contributed by atoms with Crippen LogP contribution >= 0.6 is 0 Å². The van der Waals surface area contributed by atoms with Crippen molar-refractivity contribution in [3.05, 3.63) is 57.9 Å². The summed E-state index contributed by atoms with van der Waals surface area (Å²) in [6.45, 7) is 7.40. The van der Waals surface area contributed by atoms with Crippen molar-refractivity contribution in [2.75, 3.05) is 5.73 Å². The summed E-state index contributed by atoms with van der Waals surface area (Å²) in [6, 6.07) is 6.05. The summed E-state index contributed by atoms with van der Waals surface area (Å²) in [5.41, 5.74) is 11.3. The maximum absolute atomic E-state index is 10.7. The molecule has 0 saturated carbocycles. The van der Waals surface area contributed by atoms with Gasteiger partial charge in [0.15, 0.2) is 0 Å². The van der Waals surface area contributed by atoms with Crippen LogP contribution < -0.4 is 11.2 Å². The van der Waals surface area contributed by atoms with Crippen LogP contribution in [0.5, 0.6) is 0 Å². The molecule has 138 valence electrons. The van der Waals surface area contributed by atoms with Crippen LogP contribution in [0.15, 0.2) is 40.6 Å². The number of rotatable bonds is 6. The van der Waals surface area contributed by atoms with E-state index >= 15 is 0 Å². The SMILES string of the molecule is C=C(NN=C(C)c1ccc([N+](=O)[O-])cc1)c1nnn(-c2nonc2N)c1C. The fraction of sp³-hybridized carbons (Fsp3) is 0.133. The first-order valence-corrected chi connectivity index (χ1v) is 7.63. The molecule has 2 heterocycles. The highest BCUT2D eigenvalue weighted by Crippen LogP contribution is 2.18. The number of nitro benzene ring substituents is 1. The third kappa shape index (κ3) is 3.49. The summed E-state index contributed by atoms with van der Waals surface area (Å²) in [6.07, 6.45) is 0. The second kappa shape index (κ2) is 7.03. The van der Waals surface area contributed by atoms with Gasteiger partial charge in [0.05, 0.1) is 22.0 Å². The van der Waals surface area contributed by atoms with Crippen LogP contribution in [0.25, 0.3) is 11.5 Å². The molecule has 27 heavy (non-hydrogen) atoms. The number of nitrogens with zero attached hydrogens (tertiary/aromatic N) is 7. The topological polar surface area (TPSA) is 163 Å². The van der Waals surface area contributed by atoms with Gasteiger partial charge in [-0.25, -0.2) is 4.63 Å². The van der Waals surface area contributed by atoms with Crippen LogP contribution in [0.3, 0.4) is 0 Å². The number of hydrazone groups is 1. The smallest absolute Gasteiger partial charge is 0.269 e. The van der Waals surface area contributed by atoms with Crippen LogP contribution in [0, 0.1) is 17.0 Å². The van der Waals surface area contributed by atoms with Crippen molar-refractivity contribution < 1.29 is 9.55 Å². The molecule has 0 unspecified atom stereocenters. The number of nitrogen functional groups attached to an aromatic ring is 1. The number of hydrogen-bond acceptors (Lipinski definition) is 10. The largest absolute Gasteiger partial charge is 0.378 e. The monoisotopic (exact) mass is 369 g/mol. The van der Waals surface area contributed by atoms with Crippen molar-refractivity contribution in [3.63, 3.8) is 0 Å². The number of anilines is 1. The molecule has 0 aliphatic carbocycles. The quantitative estimate of drug-likeness (QED) is 0.371. The number of benzene rings is 1. The van der Waals surface area contributed by atoms with Crippen LogP contribution in [0.1, 0.15) is 23.9 Å². The lowest BCUT2D eigenvalue weighted by molar-refractivity contribution is -0.384. The lowest BCUT2D eigenvalue weighted by Crippen LogP contribution is -2.09. The number of nitrogens with one attached hydrogen (secondary N) is 1. The molecule has 0 fully saturated rings. The first kappa shape index (κ1) is 17.7. The summed E-state index contributed by atoms with van der Waals surface area (Å²) >= 11 is 0. The van der Waals surface area contributed by atoms with E-state index in [2.05, 4.69) is 42.4 Å². The number of nitrogens with two attached hydrogens (primary N) is 1. The van der Waals surface area contributed by atoms with Crippen molar-refractivity contribution in [1.29, 1.82) is 0 Å². The number of aromatic nitrogens is 5. The molecule has 3 aromatic rings. The molecule has 0 radical (unpaired) electrons. The summed E-state index contributed by atoms with van der Waals surface area (Å²) in [7, 11) is 0. The molecule has 3 rings (SSSR count). The van der Waals surface area contributed by atoms with E-state index in [-0.39, 0.29) is 17.3 Å². The van der Waals surface area contributed by atoms with Gasteiger partial charge >= 0.3 is 0 Å². The Labute approximate surface area is 152 Å². The third-order valence-electron chi connectivity index (χ3n) is 3.73. The van der Waals surface area contributed by atoms with E-state index in [9.17, 15) is 10.1 Å². The fourth-order valence-electron chi connectivity index (χ4n) is 2.24. The molecule has 12 nitrogen and oxygen atoms in total. The normalized spacial score (nSPS) is 11.4. The number of nitro groups is 1. The molecule has 0 bridgehead atoms. The predicted octanol–water partition coefficient (Wildman–Crippen LogP) is 1.43. The molecule has 0 atom stereocenters. The first-order chi connectivity index (χ1) is 12.9. The molecule has 3 N–H and O–H groups in total. The zero-order valence-electron chi connectivity index (χ0n) is 14.4. The van der Waals surface area contributed by atoms with Gasteiger partial charge in [-0.1, -0.05) is 11.8 Å². The van der Waals surface area contributed by atoms with Crippen molar-refractivity contribution in [1.82, 2.24) is 30.7 Å². The van der Waals surface area contributed by atoms with Crippen molar-refractivity contribution >= 4 is 22.9 Å². The van der Waals surface area contributed by atoms with Crippen LogP contribution in [-0.4, -0.2) is 35.9 Å². The van der Waals surface area contributed by atoms with Gasteiger partial charge in [-0.3, -0.25) is 15.5 Å². The van der Waals surface area contributed by atoms with Gasteiger partial charge in [0.1, 0.15) is 5.69 Å². The molecule has 12 heteroatoms. The van der Waals surface area contributed by atoms with Crippen molar-refractivity contribution in [3.8, 4) is 5.82 Å². The van der Waals surface area contributed by atoms with Crippen LogP contribution in [-0.2, 0) is 0 Å². The molecule has 0 aliphatic rings. The average molecular weight is 369 g/mol. The zero-order valence-corrected chi connectivity index (χ0v) is 14.4. The minimum atomic E-state index is -0.459. The summed E-state index contributed by atoms with van der Waals surface area (Å²) in [5, 5.41) is 30.1. The first-order valence-electron chi connectivity index (χ1n) is 7.63. The minimum Gasteiger partial charge on any atom is -0.378 e. The average Bonchev–Trinajstić information content (AvgIpc) is 3.24. The number of non-ortho nitro benzene ring substituents is 1. The molecular weight excluding hydrogens is 354 g/mol. The maximum atomic E-state index is 10.7. The molecule has 2 aromatic heterocycles. The Morgan fingerprint density at radius 1 is 1.37 bits per heavy atom. The minimum absolute atomic E-state index is 0.0118. The number of hydrogen-bond donors (Lipinski definition) is 2. The molecule has 0 spiro atoms. The lowest BCUT2D eigenvalue weighted by atomic mass is 10.1. The van der Waals surface area contributed by atoms with Gasteiger partial charge in [0.2, 0.25) is 11.6 Å². The maximum Gasteiger partial charge on any atom is 0.269 e. The molecule has 0 saturated heterocycles. The van der Waals surface area contributed by atoms with E-state index in [4.69, 9.17) is 5.73 Å². The summed E-state index contributed by atoms with van der Waals surface area (Å²) in [5.74, 6) is 0.310. The predicted molar refractivity (Wildman–Crippen MR) is 95.8 cm³/mol. The van der Waals surface area contributed by atoms with Gasteiger partial charge in [-0.2, -0.15) is 9.78 Å². The van der Waals surface area contributed by atoms with Gasteiger partial charge in [-0.15, -0.1) is 5.10 Å². The molecule has 0 aliphatic heterocycles. The van der Waals surface area contributed by atoms with E-state index in [1.54, 1.807) is 26.0 Å². The molecule has 1 aromatic carbocycles. The highest BCUT2D eigenvalue weighted by Gasteiger charge is 2.18. The zero-order chi connectivity index (χ0) is 19.6. The molecular formula is C15H15N9O3. The van der Waals surface area contributed by atoms with Gasteiger partial charge in [0.25, 0.3) is 5.69 Å². The standard InChI is InChI=1S/C15H15N9O3/c1-8(11-4-6-12(7-5-11)24(25)26)17-18-9(2)13-10(3)23(22-19-13)15-14(16)20-27-21-15/h4-7,18H,2H2,1,3H3,(H2,16,20). The second-order valence-electron chi connectivity index (χ2n) is 5.50. The Kier molecular flexibility index (Phi) is 4.62. The third-order valence-corrected chi connectivity index (χ3v) is 3.73. The van der Waals surface area contributed by atoms with E-state index in [1.165, 1.54) is 16.8 Å². The van der Waals surface area contributed by atoms with Crippen LogP contribution in [0.4, 0.5) is 11.5 Å². The Morgan fingerprint density at radius 2 is 2.07 bits per heavy atom. The highest BCUT2D eigenvalue weighted by molar-refractivity contribution is 5.98. The lowest BCUT2D eigenvalue weighted by Gasteiger charge is -2.05. The fourth-order valence-corrected chi connectivity index (χ4v) is 2.24. The molecule has 0 amide bonds. The highest BCUT2D eigenvalue weighted by atomic mass is 16.6. The van der Waals surface area contributed by atoms with E-state index in [0.717, 1.165) is 5.56 Å². The Bertz CT molecular complexity index is 1030. The van der Waals surface area contributed by atoms with Crippen molar-refractivity contribution in [2.45, 2.75) is 13.8 Å². The van der Waals surface area contributed by atoms with Gasteiger partial charge in [0, 0.05) is 12.1 Å². The Balaban J connectivity index is 1.76.